The van der Waals surface area contributed by atoms with E-state index in [-0.39, 0.29) is 5.57 Å². The average molecular weight is 358 g/mol. The molecule has 0 amide bonds. The van der Waals surface area contributed by atoms with Gasteiger partial charge in [0, 0.05) is 22.4 Å². The summed E-state index contributed by atoms with van der Waals surface area (Å²) in [6, 6.07) is 19.8. The number of carboxylic acids is 1. The van der Waals surface area contributed by atoms with Crippen LogP contribution in [0, 0.1) is 11.3 Å². The quantitative estimate of drug-likeness (QED) is 0.512. The highest BCUT2D eigenvalue weighted by Gasteiger charge is 2.25. The molecule has 0 saturated carbocycles. The van der Waals surface area contributed by atoms with Crippen LogP contribution in [-0.4, -0.2) is 18.1 Å². The lowest BCUT2D eigenvalue weighted by molar-refractivity contribution is -0.132. The lowest BCUT2D eigenvalue weighted by Crippen LogP contribution is -2.16. The van der Waals surface area contributed by atoms with Crippen LogP contribution in [0.4, 0.5) is 11.4 Å². The van der Waals surface area contributed by atoms with Crippen molar-refractivity contribution in [2.45, 2.75) is 9.79 Å². The van der Waals surface area contributed by atoms with Crippen LogP contribution in [0.5, 0.6) is 0 Å². The Bertz CT molecular complexity index is 1130. The van der Waals surface area contributed by atoms with Crippen molar-refractivity contribution in [3.63, 3.8) is 0 Å². The molecule has 3 aromatic rings. The molecule has 0 saturated heterocycles. The fraction of sp³-hybridized carbons (Fsp3) is 0.0476. The van der Waals surface area contributed by atoms with Crippen LogP contribution in [0.2, 0.25) is 0 Å². The number of anilines is 2. The van der Waals surface area contributed by atoms with Gasteiger partial charge in [-0.1, -0.05) is 48.2 Å². The van der Waals surface area contributed by atoms with Crippen molar-refractivity contribution in [3.8, 4) is 6.07 Å². The molecule has 0 bridgehead atoms. The maximum absolute atomic E-state index is 11.4. The van der Waals surface area contributed by atoms with Crippen molar-refractivity contribution in [3.05, 3.63) is 65.7 Å². The molecule has 1 N–H and O–H groups in total. The number of nitrogens with zero attached hydrogens (tertiary/aromatic N) is 2. The van der Waals surface area contributed by atoms with Crippen LogP contribution in [0.3, 0.4) is 0 Å². The second-order valence-electron chi connectivity index (χ2n) is 5.96. The van der Waals surface area contributed by atoms with E-state index < -0.39 is 5.97 Å². The molecule has 0 atom stereocenters. The van der Waals surface area contributed by atoms with E-state index in [0.29, 0.717) is 0 Å². The predicted octanol–water partition coefficient (Wildman–Crippen LogP) is 5.06. The van der Waals surface area contributed by atoms with Crippen molar-refractivity contribution >= 4 is 46.0 Å². The molecule has 0 aromatic heterocycles. The van der Waals surface area contributed by atoms with E-state index in [0.717, 1.165) is 37.5 Å². The van der Waals surface area contributed by atoms with Gasteiger partial charge in [-0.3, -0.25) is 0 Å². The molecule has 0 radical (unpaired) electrons. The van der Waals surface area contributed by atoms with Crippen molar-refractivity contribution < 1.29 is 9.90 Å². The van der Waals surface area contributed by atoms with Gasteiger partial charge < -0.3 is 10.0 Å². The molecule has 0 spiro atoms. The molecule has 0 unspecified atom stereocenters. The zero-order valence-electron chi connectivity index (χ0n) is 13.9. The molecular formula is C21H14N2O2S. The molecule has 4 rings (SSSR count). The summed E-state index contributed by atoms with van der Waals surface area (Å²) in [6.45, 7) is 0. The zero-order chi connectivity index (χ0) is 18.3. The minimum atomic E-state index is -1.22. The maximum Gasteiger partial charge on any atom is 0.346 e. The molecule has 1 aliphatic heterocycles. The molecule has 26 heavy (non-hydrogen) atoms. The van der Waals surface area contributed by atoms with E-state index in [1.165, 1.54) is 6.08 Å². The summed E-state index contributed by atoms with van der Waals surface area (Å²) in [4.78, 5) is 15.7. The Balaban J connectivity index is 2.07. The summed E-state index contributed by atoms with van der Waals surface area (Å²) >= 11 is 1.66. The number of aliphatic carboxylic acids is 1. The van der Waals surface area contributed by atoms with E-state index in [1.54, 1.807) is 17.8 Å². The number of hydrogen-bond donors (Lipinski definition) is 1. The minimum Gasteiger partial charge on any atom is -0.477 e. The number of rotatable bonds is 2. The van der Waals surface area contributed by atoms with Gasteiger partial charge in [0.2, 0.25) is 0 Å². The molecule has 1 heterocycles. The van der Waals surface area contributed by atoms with E-state index in [2.05, 4.69) is 17.0 Å². The first-order valence-corrected chi connectivity index (χ1v) is 8.83. The van der Waals surface area contributed by atoms with Gasteiger partial charge in [0.15, 0.2) is 0 Å². The number of hydrogen-bond acceptors (Lipinski definition) is 4. The van der Waals surface area contributed by atoms with Gasteiger partial charge in [-0.05, 0) is 35.0 Å². The van der Waals surface area contributed by atoms with Crippen LogP contribution >= 0.6 is 11.8 Å². The average Bonchev–Trinajstić information content (AvgIpc) is 2.65. The summed E-state index contributed by atoms with van der Waals surface area (Å²) in [6.07, 6.45) is 1.48. The van der Waals surface area contributed by atoms with Crippen LogP contribution in [-0.2, 0) is 4.79 Å². The van der Waals surface area contributed by atoms with Crippen LogP contribution in [0.1, 0.15) is 5.56 Å². The SMILES string of the molecule is CN1c2ccccc2Sc2cc3ccccc3c(/C=C(\C#N)C(=O)O)c21. The fourth-order valence-electron chi connectivity index (χ4n) is 3.25. The highest BCUT2D eigenvalue weighted by Crippen LogP contribution is 2.51. The number of benzene rings is 3. The van der Waals surface area contributed by atoms with Crippen molar-refractivity contribution in [1.29, 1.82) is 5.26 Å². The predicted molar refractivity (Wildman–Crippen MR) is 104 cm³/mol. The number of nitriles is 1. The molecule has 4 nitrogen and oxygen atoms in total. The number of para-hydroxylation sites is 1. The Morgan fingerprint density at radius 3 is 2.65 bits per heavy atom. The van der Waals surface area contributed by atoms with Gasteiger partial charge in [-0.15, -0.1) is 0 Å². The minimum absolute atomic E-state index is 0.277. The monoisotopic (exact) mass is 358 g/mol. The Morgan fingerprint density at radius 1 is 1.15 bits per heavy atom. The maximum atomic E-state index is 11.4. The highest BCUT2D eigenvalue weighted by atomic mass is 32.2. The smallest absolute Gasteiger partial charge is 0.346 e. The third kappa shape index (κ3) is 2.52. The summed E-state index contributed by atoms with van der Waals surface area (Å²) in [5.74, 6) is -1.22. The molecular weight excluding hydrogens is 344 g/mol. The van der Waals surface area contributed by atoms with Crippen molar-refractivity contribution in [1.82, 2.24) is 0 Å². The Hall–Kier alpha value is -3.23. The highest BCUT2D eigenvalue weighted by molar-refractivity contribution is 7.99. The molecule has 126 valence electrons. The summed E-state index contributed by atoms with van der Waals surface area (Å²) in [7, 11) is 1.97. The first kappa shape index (κ1) is 16.2. The second kappa shape index (κ2) is 6.25. The second-order valence-corrected chi connectivity index (χ2v) is 7.05. The van der Waals surface area contributed by atoms with Gasteiger partial charge >= 0.3 is 5.97 Å². The molecule has 0 aliphatic carbocycles. The number of fused-ring (bicyclic) bond motifs is 3. The lowest BCUT2D eigenvalue weighted by Gasteiger charge is -2.31. The van der Waals surface area contributed by atoms with Crippen molar-refractivity contribution in [2.75, 3.05) is 11.9 Å². The van der Waals surface area contributed by atoms with Gasteiger partial charge in [0.05, 0.1) is 11.4 Å². The van der Waals surface area contributed by atoms with E-state index in [4.69, 9.17) is 0 Å². The normalized spacial score (nSPS) is 13.1. The van der Waals surface area contributed by atoms with Gasteiger partial charge in [0.1, 0.15) is 11.6 Å². The third-order valence-corrected chi connectivity index (χ3v) is 5.54. The van der Waals surface area contributed by atoms with Gasteiger partial charge in [-0.2, -0.15) is 5.26 Å². The Morgan fingerprint density at radius 2 is 1.88 bits per heavy atom. The third-order valence-electron chi connectivity index (χ3n) is 4.45. The molecule has 3 aromatic carbocycles. The van der Waals surface area contributed by atoms with Gasteiger partial charge in [-0.25, -0.2) is 4.79 Å². The Kier molecular flexibility index (Phi) is 3.90. The fourth-order valence-corrected chi connectivity index (χ4v) is 4.48. The van der Waals surface area contributed by atoms with E-state index in [1.807, 2.05) is 49.5 Å². The summed E-state index contributed by atoms with van der Waals surface area (Å²) in [5, 5.41) is 20.5. The topological polar surface area (TPSA) is 64.3 Å². The zero-order valence-corrected chi connectivity index (χ0v) is 14.7. The first-order valence-electron chi connectivity index (χ1n) is 8.01. The van der Waals surface area contributed by atoms with E-state index >= 15 is 0 Å². The first-order chi connectivity index (χ1) is 12.6. The van der Waals surface area contributed by atoms with Crippen LogP contribution in [0.15, 0.2) is 70.0 Å². The van der Waals surface area contributed by atoms with Crippen LogP contribution in [0.25, 0.3) is 16.8 Å². The largest absolute Gasteiger partial charge is 0.477 e. The molecule has 0 fully saturated rings. The van der Waals surface area contributed by atoms with Crippen LogP contribution < -0.4 is 4.90 Å². The van der Waals surface area contributed by atoms with Crippen molar-refractivity contribution in [2.24, 2.45) is 0 Å². The summed E-state index contributed by atoms with van der Waals surface area (Å²) in [5.41, 5.74) is 2.45. The lowest BCUT2D eigenvalue weighted by atomic mass is 9.99. The number of carboxylic acid groups (broad SMARTS) is 1. The van der Waals surface area contributed by atoms with E-state index in [9.17, 15) is 15.2 Å². The molecule has 5 heteroatoms. The summed E-state index contributed by atoms with van der Waals surface area (Å²) < 4.78 is 0. The Labute approximate surface area is 155 Å². The van der Waals surface area contributed by atoms with Gasteiger partial charge in [0.25, 0.3) is 0 Å². The number of carbonyl (C=O) groups is 1. The molecule has 1 aliphatic rings. The standard InChI is InChI=1S/C21H14N2O2S/c1-23-17-8-4-5-9-18(17)26-19-11-13-6-2-3-7-15(13)16(20(19)23)10-14(12-22)21(24)25/h2-11H,1H3,(H,24,25)/b14-10+.